The van der Waals surface area contributed by atoms with Crippen LogP contribution in [-0.4, -0.2) is 50.0 Å². The normalized spacial score (nSPS) is 15.2. The number of hydrogen-bond donors (Lipinski definition) is 1. The number of benzene rings is 2. The molecule has 0 bridgehead atoms. The lowest BCUT2D eigenvalue weighted by Crippen LogP contribution is -2.53. The molecule has 11 heteroatoms. The number of sulfonamides is 1. The number of para-hydroxylation sites is 1. The Morgan fingerprint density at radius 2 is 1.69 bits per heavy atom. The molecule has 0 aromatic heterocycles. The maximum Gasteiger partial charge on any atom is 0.244 e. The van der Waals surface area contributed by atoms with Gasteiger partial charge in [0.1, 0.15) is 12.6 Å². The Kier molecular flexibility index (Phi) is 9.92. The quantitative estimate of drug-likeness (QED) is 0.442. The van der Waals surface area contributed by atoms with Gasteiger partial charge >= 0.3 is 0 Å². The molecule has 1 fully saturated rings. The molecule has 0 aliphatic heterocycles. The molecule has 7 nitrogen and oxygen atoms in total. The van der Waals surface area contributed by atoms with E-state index in [9.17, 15) is 18.0 Å². The molecule has 0 heterocycles. The fraction of sp³-hybridized carbons (Fsp3) is 0.440. The van der Waals surface area contributed by atoms with Crippen LogP contribution in [0, 0.1) is 0 Å². The van der Waals surface area contributed by atoms with Crippen LogP contribution in [0.1, 0.15) is 44.6 Å². The summed E-state index contributed by atoms with van der Waals surface area (Å²) in [6.45, 7) is 1.09. The molecule has 1 atom stereocenters. The highest BCUT2D eigenvalue weighted by Gasteiger charge is 2.32. The number of amides is 2. The van der Waals surface area contributed by atoms with Crippen LogP contribution in [0.2, 0.25) is 15.1 Å². The monoisotopic (exact) mass is 573 g/mol. The van der Waals surface area contributed by atoms with Gasteiger partial charge in [0.25, 0.3) is 0 Å². The summed E-state index contributed by atoms with van der Waals surface area (Å²) in [5.41, 5.74) is 0.759. The molecule has 1 aliphatic carbocycles. The molecule has 2 aromatic carbocycles. The molecule has 0 radical (unpaired) electrons. The second-order valence-corrected chi connectivity index (χ2v) is 12.2. The molecular formula is C25H30Cl3N3O4S. The lowest BCUT2D eigenvalue weighted by atomic mass is 9.95. The molecule has 1 N–H and O–H groups in total. The van der Waals surface area contributed by atoms with Crippen LogP contribution in [0.25, 0.3) is 0 Å². The van der Waals surface area contributed by atoms with E-state index in [4.69, 9.17) is 34.8 Å². The number of rotatable bonds is 9. The van der Waals surface area contributed by atoms with Gasteiger partial charge in [0.2, 0.25) is 21.8 Å². The highest BCUT2D eigenvalue weighted by molar-refractivity contribution is 7.92. The predicted molar refractivity (Wildman–Crippen MR) is 145 cm³/mol. The Bertz CT molecular complexity index is 1200. The largest absolute Gasteiger partial charge is 0.352 e. The van der Waals surface area contributed by atoms with Crippen LogP contribution < -0.4 is 9.62 Å². The fourth-order valence-corrected chi connectivity index (χ4v) is 5.85. The predicted octanol–water partition coefficient (Wildman–Crippen LogP) is 5.28. The maximum atomic E-state index is 13.6. The third kappa shape index (κ3) is 7.51. The van der Waals surface area contributed by atoms with Gasteiger partial charge in [-0.1, -0.05) is 72.3 Å². The van der Waals surface area contributed by atoms with Crippen molar-refractivity contribution in [1.29, 1.82) is 0 Å². The smallest absolute Gasteiger partial charge is 0.244 e. The molecule has 0 unspecified atom stereocenters. The number of carbonyl (C=O) groups is 2. The molecule has 196 valence electrons. The first-order valence-corrected chi connectivity index (χ1v) is 14.7. The van der Waals surface area contributed by atoms with E-state index in [2.05, 4.69) is 5.32 Å². The van der Waals surface area contributed by atoms with Gasteiger partial charge in [-0.25, -0.2) is 8.42 Å². The Hall–Kier alpha value is -2.00. The van der Waals surface area contributed by atoms with Gasteiger partial charge < -0.3 is 10.2 Å². The Morgan fingerprint density at radius 3 is 2.31 bits per heavy atom. The highest BCUT2D eigenvalue weighted by Crippen LogP contribution is 2.28. The van der Waals surface area contributed by atoms with E-state index in [1.165, 1.54) is 11.0 Å². The number of anilines is 1. The van der Waals surface area contributed by atoms with Crippen molar-refractivity contribution in [3.8, 4) is 0 Å². The molecule has 0 saturated heterocycles. The third-order valence-corrected chi connectivity index (χ3v) is 8.31. The minimum absolute atomic E-state index is 0.00574. The van der Waals surface area contributed by atoms with E-state index < -0.39 is 28.5 Å². The Labute approximate surface area is 227 Å². The van der Waals surface area contributed by atoms with Crippen molar-refractivity contribution in [1.82, 2.24) is 10.2 Å². The van der Waals surface area contributed by atoms with E-state index in [-0.39, 0.29) is 29.2 Å². The van der Waals surface area contributed by atoms with Crippen LogP contribution in [0.3, 0.4) is 0 Å². The standard InChI is InChI=1S/C25H30Cl3N3O4S/c1-17(25(33)29-20-8-4-3-5-9-20)30(15-18-12-13-19(26)14-22(18)28)24(32)16-31(36(2,34)35)23-11-7-6-10-21(23)27/h6-7,10-14,17,20H,3-5,8-9,15-16H2,1-2H3,(H,29,33)/t17-/m0/s1. The zero-order chi connectivity index (χ0) is 26.5. The average molecular weight is 575 g/mol. The summed E-state index contributed by atoms with van der Waals surface area (Å²) in [5, 5.41) is 4.01. The number of halogens is 3. The van der Waals surface area contributed by atoms with Gasteiger partial charge in [-0.15, -0.1) is 0 Å². The summed E-state index contributed by atoms with van der Waals surface area (Å²) >= 11 is 18.6. The molecule has 36 heavy (non-hydrogen) atoms. The Balaban J connectivity index is 1.91. The number of nitrogens with zero attached hydrogens (tertiary/aromatic N) is 2. The lowest BCUT2D eigenvalue weighted by molar-refractivity contribution is -0.139. The van der Waals surface area contributed by atoms with Gasteiger partial charge in [0.05, 0.1) is 17.0 Å². The highest BCUT2D eigenvalue weighted by atomic mass is 35.5. The van der Waals surface area contributed by atoms with E-state index >= 15 is 0 Å². The average Bonchev–Trinajstić information content (AvgIpc) is 2.82. The molecule has 1 aliphatic rings. The van der Waals surface area contributed by atoms with Crippen molar-refractivity contribution < 1.29 is 18.0 Å². The van der Waals surface area contributed by atoms with Crippen molar-refractivity contribution in [2.24, 2.45) is 0 Å². The van der Waals surface area contributed by atoms with Crippen LogP contribution in [0.15, 0.2) is 42.5 Å². The summed E-state index contributed by atoms with van der Waals surface area (Å²) < 4.78 is 26.2. The summed E-state index contributed by atoms with van der Waals surface area (Å²) in [5.74, 6) is -0.873. The molecule has 1 saturated carbocycles. The van der Waals surface area contributed by atoms with Gasteiger partial charge in [-0.05, 0) is 49.6 Å². The number of hydrogen-bond acceptors (Lipinski definition) is 4. The summed E-state index contributed by atoms with van der Waals surface area (Å²) in [4.78, 5) is 28.1. The van der Waals surface area contributed by atoms with Crippen LogP contribution in [0.4, 0.5) is 5.69 Å². The molecular weight excluding hydrogens is 545 g/mol. The van der Waals surface area contributed by atoms with Crippen molar-refractivity contribution in [3.63, 3.8) is 0 Å². The van der Waals surface area contributed by atoms with Gasteiger partial charge in [-0.3, -0.25) is 13.9 Å². The molecule has 3 rings (SSSR count). The van der Waals surface area contributed by atoms with E-state index in [0.717, 1.165) is 42.7 Å². The minimum Gasteiger partial charge on any atom is -0.352 e. The first-order chi connectivity index (χ1) is 17.0. The van der Waals surface area contributed by atoms with Crippen LogP contribution in [0.5, 0.6) is 0 Å². The second-order valence-electron chi connectivity index (χ2n) is 9.00. The zero-order valence-electron chi connectivity index (χ0n) is 20.2. The van der Waals surface area contributed by atoms with E-state index in [0.29, 0.717) is 15.6 Å². The summed E-state index contributed by atoms with van der Waals surface area (Å²) in [6, 6.07) is 10.4. The van der Waals surface area contributed by atoms with E-state index in [1.54, 1.807) is 43.3 Å². The number of carbonyl (C=O) groups excluding carboxylic acids is 2. The second kappa shape index (κ2) is 12.5. The third-order valence-electron chi connectivity index (χ3n) is 6.27. The van der Waals surface area contributed by atoms with Crippen molar-refractivity contribution in [2.45, 2.75) is 57.7 Å². The van der Waals surface area contributed by atoms with E-state index in [1.807, 2.05) is 0 Å². The first kappa shape index (κ1) is 28.6. The maximum absolute atomic E-state index is 13.6. The zero-order valence-corrected chi connectivity index (χ0v) is 23.3. The topological polar surface area (TPSA) is 86.8 Å². The first-order valence-electron chi connectivity index (χ1n) is 11.7. The minimum atomic E-state index is -3.87. The summed E-state index contributed by atoms with van der Waals surface area (Å²) in [6.07, 6.45) is 6.02. The van der Waals surface area contributed by atoms with Gasteiger partial charge in [0.15, 0.2) is 0 Å². The molecule has 0 spiro atoms. The summed E-state index contributed by atoms with van der Waals surface area (Å²) in [7, 11) is -3.87. The lowest BCUT2D eigenvalue weighted by Gasteiger charge is -2.33. The molecule has 2 amide bonds. The number of nitrogens with one attached hydrogen (secondary N) is 1. The Morgan fingerprint density at radius 1 is 1.03 bits per heavy atom. The van der Waals surface area contributed by atoms with Crippen molar-refractivity contribution in [2.75, 3.05) is 17.1 Å². The fourth-order valence-electron chi connectivity index (χ4n) is 4.23. The van der Waals surface area contributed by atoms with Gasteiger partial charge in [-0.2, -0.15) is 0 Å². The van der Waals surface area contributed by atoms with Gasteiger partial charge in [0, 0.05) is 22.6 Å². The van der Waals surface area contributed by atoms with Crippen LogP contribution >= 0.6 is 34.8 Å². The molecule has 2 aromatic rings. The van der Waals surface area contributed by atoms with Crippen molar-refractivity contribution >= 4 is 62.3 Å². The van der Waals surface area contributed by atoms with Crippen molar-refractivity contribution in [3.05, 3.63) is 63.1 Å². The SMILES string of the molecule is C[C@@H](C(=O)NC1CCCCC1)N(Cc1ccc(Cl)cc1Cl)C(=O)CN(c1ccccc1Cl)S(C)(=O)=O. The van der Waals surface area contributed by atoms with Crippen LogP contribution in [-0.2, 0) is 26.2 Å².